The van der Waals surface area contributed by atoms with Crippen molar-refractivity contribution in [3.63, 3.8) is 0 Å². The lowest BCUT2D eigenvalue weighted by Crippen LogP contribution is -2.32. The maximum Gasteiger partial charge on any atom is 0.143 e. The molecule has 2 spiro atoms. The van der Waals surface area contributed by atoms with Crippen LogP contribution in [-0.4, -0.2) is 0 Å². The van der Waals surface area contributed by atoms with Gasteiger partial charge >= 0.3 is 0 Å². The second-order valence-electron chi connectivity index (χ2n) is 39.5. The summed E-state index contributed by atoms with van der Waals surface area (Å²) in [5.41, 5.74) is 38.9. The summed E-state index contributed by atoms with van der Waals surface area (Å²) < 4.78 is 28.8. The Balaban J connectivity index is 0.547. The van der Waals surface area contributed by atoms with E-state index in [1.165, 1.54) is 89.0 Å². The first kappa shape index (κ1) is 77.2. The van der Waals surface area contributed by atoms with E-state index in [0.717, 1.165) is 200 Å². The van der Waals surface area contributed by atoms with Gasteiger partial charge in [0.2, 0.25) is 0 Å². The van der Waals surface area contributed by atoms with Crippen LogP contribution in [0.3, 0.4) is 0 Å². The van der Waals surface area contributed by atoms with Crippen LogP contribution in [0.25, 0.3) is 165 Å². The number of fused-ring (bicyclic) bond motifs is 38. The fourth-order valence-corrected chi connectivity index (χ4v) is 25.7. The summed E-state index contributed by atoms with van der Waals surface area (Å²) in [7, 11) is 0. The van der Waals surface area contributed by atoms with E-state index in [0.29, 0.717) is 0 Å². The van der Waals surface area contributed by atoms with E-state index < -0.39 is 10.8 Å². The Kier molecular flexibility index (Phi) is 15.7. The highest BCUT2D eigenvalue weighted by Crippen LogP contribution is 2.68. The van der Waals surface area contributed by atoms with E-state index in [-0.39, 0.29) is 10.8 Å². The molecule has 6 heteroatoms. The van der Waals surface area contributed by atoms with Gasteiger partial charge in [0.15, 0.2) is 0 Å². The molecule has 0 N–H and O–H groups in total. The zero-order chi connectivity index (χ0) is 90.9. The molecule has 2 aromatic heterocycles. The maximum absolute atomic E-state index is 7.75. The number of hydrogen-bond donors (Lipinski definition) is 0. The van der Waals surface area contributed by atoms with E-state index >= 15 is 0 Å². The molecular formula is C132H84N2O4. The van der Waals surface area contributed by atoms with Crippen molar-refractivity contribution in [3.8, 4) is 101 Å². The average molecular weight is 1760 g/mol. The zero-order valence-corrected chi connectivity index (χ0v) is 76.1. The predicted molar refractivity (Wildman–Crippen MR) is 567 cm³/mol. The van der Waals surface area contributed by atoms with Crippen LogP contribution in [0, 0.1) is 0 Å². The molecule has 4 heterocycles. The number of ether oxygens (including phenoxy) is 2. The molecule has 0 bridgehead atoms. The second kappa shape index (κ2) is 28.2. The van der Waals surface area contributed by atoms with Gasteiger partial charge in [0.25, 0.3) is 0 Å². The topological polar surface area (TPSA) is 51.2 Å². The van der Waals surface area contributed by atoms with Crippen molar-refractivity contribution in [3.05, 3.63) is 504 Å². The molecule has 0 saturated heterocycles. The molecule has 6 aliphatic rings. The highest BCUT2D eigenvalue weighted by atomic mass is 16.5. The van der Waals surface area contributed by atoms with E-state index in [2.05, 4.69) is 462 Å². The molecular weight excluding hydrogens is 1680 g/mol. The number of hydrogen-bond acceptors (Lipinski definition) is 6. The van der Waals surface area contributed by atoms with Crippen LogP contribution in [0.2, 0.25) is 0 Å². The molecule has 1 unspecified atom stereocenters. The number of benzene rings is 22. The van der Waals surface area contributed by atoms with Gasteiger partial charge < -0.3 is 28.1 Å². The lowest BCUT2D eigenvalue weighted by atomic mass is 9.65. The Morgan fingerprint density at radius 1 is 0.181 bits per heavy atom. The molecule has 24 aromatic rings. The van der Waals surface area contributed by atoms with Crippen LogP contribution < -0.4 is 19.3 Å². The van der Waals surface area contributed by atoms with Crippen molar-refractivity contribution in [1.29, 1.82) is 0 Å². The molecule has 0 amide bonds. The fourth-order valence-electron chi connectivity index (χ4n) is 25.7. The van der Waals surface area contributed by atoms with Crippen LogP contribution in [0.4, 0.5) is 34.1 Å². The monoisotopic (exact) mass is 1760 g/mol. The molecule has 30 rings (SSSR count). The molecule has 22 aromatic carbocycles. The molecule has 6 nitrogen and oxygen atoms in total. The first-order chi connectivity index (χ1) is 67.9. The summed E-state index contributed by atoms with van der Waals surface area (Å²) in [5, 5.41) is 13.1. The number of anilines is 6. The van der Waals surface area contributed by atoms with Crippen molar-refractivity contribution >= 4 is 121 Å². The zero-order valence-electron chi connectivity index (χ0n) is 76.1. The van der Waals surface area contributed by atoms with Crippen LogP contribution in [-0.2, 0) is 21.7 Å². The van der Waals surface area contributed by atoms with Gasteiger partial charge in [-0.15, -0.1) is 0 Å². The van der Waals surface area contributed by atoms with Crippen LogP contribution >= 0.6 is 0 Å². The van der Waals surface area contributed by atoms with Gasteiger partial charge in [-0.3, -0.25) is 0 Å². The minimum atomic E-state index is -0.792. The minimum absolute atomic E-state index is 0.159. The first-order valence-corrected chi connectivity index (χ1v) is 48.0. The molecule has 4 aliphatic carbocycles. The summed E-state index contributed by atoms with van der Waals surface area (Å²) in [4.78, 5) is 4.93. The molecule has 1 atom stereocenters. The molecule has 2 aliphatic heterocycles. The predicted octanol–water partition coefficient (Wildman–Crippen LogP) is 35.6. The Bertz CT molecular complexity index is 9430. The highest BCUT2D eigenvalue weighted by Gasteiger charge is 2.55. The molecule has 0 saturated carbocycles. The summed E-state index contributed by atoms with van der Waals surface area (Å²) in [6, 6.07) is 163. The van der Waals surface area contributed by atoms with Gasteiger partial charge in [0.1, 0.15) is 45.3 Å². The van der Waals surface area contributed by atoms with E-state index in [1.807, 2.05) is 12.1 Å². The number of rotatable bonds is 9. The van der Waals surface area contributed by atoms with Gasteiger partial charge in [-0.05, 0) is 248 Å². The van der Waals surface area contributed by atoms with E-state index in [1.54, 1.807) is 0 Å². The maximum atomic E-state index is 7.75. The summed E-state index contributed by atoms with van der Waals surface area (Å²) >= 11 is 0. The van der Waals surface area contributed by atoms with Gasteiger partial charge in [0.05, 0.1) is 10.8 Å². The van der Waals surface area contributed by atoms with Crippen LogP contribution in [0.1, 0.15) is 94.5 Å². The second-order valence-corrected chi connectivity index (χ2v) is 39.5. The van der Waals surface area contributed by atoms with Gasteiger partial charge in [0, 0.05) is 116 Å². The Hall–Kier alpha value is -17.3. The van der Waals surface area contributed by atoms with Crippen LogP contribution in [0.5, 0.6) is 23.0 Å². The quantitative estimate of drug-likeness (QED) is 0.144. The fraction of sp³-hybridized carbons (Fsp3) is 0.0606. The van der Waals surface area contributed by atoms with E-state index in [9.17, 15) is 0 Å². The number of furan rings is 2. The van der Waals surface area contributed by atoms with Crippen molar-refractivity contribution in [2.24, 2.45) is 0 Å². The summed E-state index contributed by atoms with van der Waals surface area (Å²) in [5.74, 6) is 3.52. The highest BCUT2D eigenvalue weighted by molar-refractivity contribution is 6.18. The third kappa shape index (κ3) is 10.4. The third-order valence-electron chi connectivity index (χ3n) is 32.0. The third-order valence-corrected chi connectivity index (χ3v) is 32.0. The smallest absolute Gasteiger partial charge is 0.143 e. The Labute approximate surface area is 797 Å². The molecule has 138 heavy (non-hydrogen) atoms. The summed E-state index contributed by atoms with van der Waals surface area (Å²) in [6.45, 7) is 9.45. The molecule has 0 radical (unpaired) electrons. The Morgan fingerprint density at radius 3 is 0.986 bits per heavy atom. The van der Waals surface area contributed by atoms with Crippen molar-refractivity contribution in [1.82, 2.24) is 0 Å². The van der Waals surface area contributed by atoms with Crippen LogP contribution in [0.15, 0.2) is 446 Å². The van der Waals surface area contributed by atoms with Crippen molar-refractivity contribution in [2.75, 3.05) is 9.80 Å². The number of para-hydroxylation sites is 2. The molecule has 0 fully saturated rings. The van der Waals surface area contributed by atoms with Gasteiger partial charge in [-0.2, -0.15) is 0 Å². The minimum Gasteiger partial charge on any atom is -0.456 e. The molecule has 646 valence electrons. The SMILES string of the molecule is CC1(C)c2ccccc2-c2cc(N(c3ccc(-c4ccc(-c5ccc6c7c(ccc6c5)C5(c6ccccc6-c6cc(N(c8ccc(-c9ccc%10c(c9)oc9ccccc9%10)cc8)c8ccc9c(c8)-c8ccccc8C9(C)C)ccc65)c5ccc6ccccc6c5O7)c5c4oc4ccccc45)cc3)c3ccc4c(c3)-c3ccccc3C43c4ccc5ccccc5c4Oc4c3ccc3ccccc43)ccc21. The van der Waals surface area contributed by atoms with Gasteiger partial charge in [-0.25, -0.2) is 0 Å². The van der Waals surface area contributed by atoms with E-state index in [4.69, 9.17) is 18.3 Å². The summed E-state index contributed by atoms with van der Waals surface area (Å²) in [6.07, 6.45) is 0. The van der Waals surface area contributed by atoms with Crippen molar-refractivity contribution in [2.45, 2.75) is 49.4 Å². The lowest BCUT2D eigenvalue weighted by Gasteiger charge is -2.40. The van der Waals surface area contributed by atoms with Gasteiger partial charge in [-0.1, -0.05) is 355 Å². The largest absolute Gasteiger partial charge is 0.456 e. The average Bonchev–Trinajstić information content (AvgIpc) is 1.52. The first-order valence-electron chi connectivity index (χ1n) is 48.0. The normalized spacial score (nSPS) is 15.1. The lowest BCUT2D eigenvalue weighted by molar-refractivity contribution is 0.447. The van der Waals surface area contributed by atoms with Crippen molar-refractivity contribution < 1.29 is 18.3 Å². The Morgan fingerprint density at radius 2 is 0.500 bits per heavy atom. The number of nitrogens with zero attached hydrogens (tertiary/aromatic N) is 2. The standard InChI is InChI=1S/C132H84N2O4/c1-129(2)108-35-17-11-29-97(108)104-73-87(55-67-110(104)129)133(85-51-41-77(42-52-85)82-45-60-102-101-33-15-21-39-120(101)135-122(102)72-82)89-57-70-115-107(75-89)100-32-14-20-38-113(100)132(115)118-65-49-80-25-7-10-28-94(80)126(118)138-127-96-59-46-83(71-84(96)50-66-119(127)132)91-61-62-95(128-123(91)103-34-16-22-40-121(103)136-128)81-43-53-86(54-44-81)134(88-56-68-111-105(74-88)98-30-12-18-36-109(98)130(111,3)4)90-58-69-114-106(76-90)99-31-13-19-37-112(99)131(114)116-63-47-78-23-5-8-26-92(78)124(116)137-125-93-27-9-6-24-79(93)48-64-117(125)131/h5-76H,1-4H3.